The molecule has 1 aromatic heterocycles. The van der Waals surface area contributed by atoms with Gasteiger partial charge in [-0.05, 0) is 19.1 Å². The Hall–Kier alpha value is -2.15. The molecule has 0 aliphatic carbocycles. The van der Waals surface area contributed by atoms with Gasteiger partial charge in [0.15, 0.2) is 5.69 Å². The van der Waals surface area contributed by atoms with Gasteiger partial charge in [-0.3, -0.25) is 9.59 Å². The Morgan fingerprint density at radius 3 is 2.89 bits per heavy atom. The topological polar surface area (TPSA) is 101 Å². The van der Waals surface area contributed by atoms with E-state index in [2.05, 4.69) is 15.6 Å². The fourth-order valence-corrected chi connectivity index (χ4v) is 1.33. The van der Waals surface area contributed by atoms with Crippen LogP contribution in [0, 0.1) is 0 Å². The molecule has 2 amide bonds. The second-order valence-electron chi connectivity index (χ2n) is 3.85. The predicted octanol–water partition coefficient (Wildman–Crippen LogP) is -0.332. The zero-order valence-corrected chi connectivity index (χ0v) is 10.8. The van der Waals surface area contributed by atoms with E-state index in [1.165, 1.54) is 25.4 Å². The van der Waals surface area contributed by atoms with Crippen molar-refractivity contribution in [2.24, 2.45) is 0 Å². The Kier molecular flexibility index (Phi) is 5.74. The van der Waals surface area contributed by atoms with E-state index in [4.69, 9.17) is 4.74 Å². The molecule has 7 nitrogen and oxygen atoms in total. The summed E-state index contributed by atoms with van der Waals surface area (Å²) in [5.74, 6) is -1.17. The predicted molar refractivity (Wildman–Crippen MR) is 67.7 cm³/mol. The van der Waals surface area contributed by atoms with Gasteiger partial charge in [-0.25, -0.2) is 4.98 Å². The molecule has 104 valence electrons. The number of nitrogens with zero attached hydrogens (tertiary/aromatic N) is 1. The van der Waals surface area contributed by atoms with Crippen LogP contribution in [0.25, 0.3) is 0 Å². The van der Waals surface area contributed by atoms with Gasteiger partial charge in [0.2, 0.25) is 5.91 Å². The monoisotopic (exact) mass is 267 g/mol. The fourth-order valence-electron chi connectivity index (χ4n) is 1.33. The molecule has 1 aromatic rings. The van der Waals surface area contributed by atoms with Crippen LogP contribution in [0.3, 0.4) is 0 Å². The van der Waals surface area contributed by atoms with Crippen molar-refractivity contribution in [2.75, 3.05) is 20.3 Å². The lowest BCUT2D eigenvalue weighted by Crippen LogP contribution is -2.45. The minimum absolute atomic E-state index is 0.112. The number of pyridine rings is 1. The number of hydrogen-bond donors (Lipinski definition) is 3. The van der Waals surface area contributed by atoms with Crippen LogP contribution in [0.2, 0.25) is 0 Å². The maximum atomic E-state index is 11.8. The first-order chi connectivity index (χ1) is 9.06. The normalized spacial score (nSPS) is 11.7. The van der Waals surface area contributed by atoms with Crippen LogP contribution < -0.4 is 10.6 Å². The molecule has 0 fully saturated rings. The summed E-state index contributed by atoms with van der Waals surface area (Å²) in [4.78, 5) is 27.1. The number of rotatable bonds is 6. The minimum atomic E-state index is -0.731. The Morgan fingerprint density at radius 2 is 2.26 bits per heavy atom. The van der Waals surface area contributed by atoms with E-state index in [9.17, 15) is 14.7 Å². The summed E-state index contributed by atoms with van der Waals surface area (Å²) in [5.41, 5.74) is -0.112. The van der Waals surface area contributed by atoms with Gasteiger partial charge in [0.05, 0.1) is 6.61 Å². The summed E-state index contributed by atoms with van der Waals surface area (Å²) in [6.45, 7) is 2.30. The van der Waals surface area contributed by atoms with Crippen LogP contribution in [0.4, 0.5) is 0 Å². The number of amides is 2. The third-order valence-electron chi connectivity index (χ3n) is 2.35. The lowest BCUT2D eigenvalue weighted by molar-refractivity contribution is -0.122. The van der Waals surface area contributed by atoms with Gasteiger partial charge >= 0.3 is 0 Å². The molecule has 0 radical (unpaired) electrons. The van der Waals surface area contributed by atoms with Crippen LogP contribution in [-0.2, 0) is 9.53 Å². The molecule has 1 atom stereocenters. The number of ether oxygens (including phenoxy) is 1. The second kappa shape index (κ2) is 7.32. The highest BCUT2D eigenvalue weighted by Crippen LogP contribution is 2.12. The standard InChI is InChI=1S/C12H17N3O4/c1-8(11(17)14-6-7-19-2)15-12(18)10-9(16)4-3-5-13-10/h3-5,8,16H,6-7H2,1-2H3,(H,14,17)(H,15,18). The molecule has 1 rings (SSSR count). The van der Waals surface area contributed by atoms with Crippen molar-refractivity contribution in [3.63, 3.8) is 0 Å². The third-order valence-corrected chi connectivity index (χ3v) is 2.35. The fraction of sp³-hybridized carbons (Fsp3) is 0.417. The third kappa shape index (κ3) is 4.55. The van der Waals surface area contributed by atoms with Crippen molar-refractivity contribution in [1.29, 1.82) is 0 Å². The lowest BCUT2D eigenvalue weighted by atomic mass is 10.2. The molecule has 0 aliphatic heterocycles. The van der Waals surface area contributed by atoms with Crippen LogP contribution >= 0.6 is 0 Å². The molecule has 19 heavy (non-hydrogen) atoms. The summed E-state index contributed by atoms with van der Waals surface area (Å²) < 4.78 is 4.79. The SMILES string of the molecule is COCCNC(=O)C(C)NC(=O)c1ncccc1O. The van der Waals surface area contributed by atoms with Crippen LogP contribution in [0.5, 0.6) is 5.75 Å². The molecule has 0 bridgehead atoms. The number of aromatic hydroxyl groups is 1. The smallest absolute Gasteiger partial charge is 0.274 e. The first kappa shape index (κ1) is 14.9. The maximum absolute atomic E-state index is 11.8. The van der Waals surface area contributed by atoms with Gasteiger partial charge in [0.25, 0.3) is 5.91 Å². The van der Waals surface area contributed by atoms with Gasteiger partial charge in [0, 0.05) is 19.9 Å². The van der Waals surface area contributed by atoms with Crippen LogP contribution in [0.1, 0.15) is 17.4 Å². The van der Waals surface area contributed by atoms with Crippen molar-refractivity contribution < 1.29 is 19.4 Å². The molecular weight excluding hydrogens is 250 g/mol. The quantitative estimate of drug-likeness (QED) is 0.613. The molecule has 1 unspecified atom stereocenters. The number of aromatic nitrogens is 1. The van der Waals surface area contributed by atoms with Gasteiger partial charge < -0.3 is 20.5 Å². The van der Waals surface area contributed by atoms with E-state index in [0.717, 1.165) is 0 Å². The zero-order valence-electron chi connectivity index (χ0n) is 10.8. The van der Waals surface area contributed by atoms with E-state index < -0.39 is 11.9 Å². The van der Waals surface area contributed by atoms with E-state index in [-0.39, 0.29) is 17.4 Å². The first-order valence-corrected chi connectivity index (χ1v) is 5.77. The summed E-state index contributed by atoms with van der Waals surface area (Å²) in [6.07, 6.45) is 1.39. The molecule has 0 saturated carbocycles. The molecule has 0 aromatic carbocycles. The van der Waals surface area contributed by atoms with E-state index in [1.807, 2.05) is 0 Å². The van der Waals surface area contributed by atoms with Gasteiger partial charge in [-0.2, -0.15) is 0 Å². The van der Waals surface area contributed by atoms with Crippen molar-refractivity contribution in [1.82, 2.24) is 15.6 Å². The molecule has 1 heterocycles. The van der Waals surface area contributed by atoms with Crippen molar-refractivity contribution in [3.05, 3.63) is 24.0 Å². The number of hydrogen-bond acceptors (Lipinski definition) is 5. The Bertz CT molecular complexity index is 450. The van der Waals surface area contributed by atoms with Crippen molar-refractivity contribution >= 4 is 11.8 Å². The van der Waals surface area contributed by atoms with Crippen molar-refractivity contribution in [2.45, 2.75) is 13.0 Å². The molecule has 0 saturated heterocycles. The van der Waals surface area contributed by atoms with Crippen LogP contribution in [-0.4, -0.2) is 48.2 Å². The van der Waals surface area contributed by atoms with Gasteiger partial charge in [-0.15, -0.1) is 0 Å². The second-order valence-corrected chi connectivity index (χ2v) is 3.85. The molecule has 0 spiro atoms. The maximum Gasteiger partial charge on any atom is 0.274 e. The van der Waals surface area contributed by atoms with Gasteiger partial charge in [0.1, 0.15) is 11.8 Å². The highest BCUT2D eigenvalue weighted by atomic mass is 16.5. The zero-order chi connectivity index (χ0) is 14.3. The highest BCUT2D eigenvalue weighted by Gasteiger charge is 2.18. The van der Waals surface area contributed by atoms with E-state index in [0.29, 0.717) is 13.2 Å². The lowest BCUT2D eigenvalue weighted by Gasteiger charge is -2.13. The Morgan fingerprint density at radius 1 is 1.53 bits per heavy atom. The minimum Gasteiger partial charge on any atom is -0.505 e. The average molecular weight is 267 g/mol. The summed E-state index contributed by atoms with van der Waals surface area (Å²) >= 11 is 0. The molecule has 3 N–H and O–H groups in total. The summed E-state index contributed by atoms with van der Waals surface area (Å²) in [6, 6.07) is 2.13. The van der Waals surface area contributed by atoms with E-state index in [1.54, 1.807) is 6.92 Å². The number of carbonyl (C=O) groups excluding carboxylic acids is 2. The van der Waals surface area contributed by atoms with Crippen molar-refractivity contribution in [3.8, 4) is 5.75 Å². The highest BCUT2D eigenvalue weighted by molar-refractivity contribution is 5.97. The van der Waals surface area contributed by atoms with Gasteiger partial charge in [-0.1, -0.05) is 0 Å². The number of carbonyl (C=O) groups is 2. The summed E-state index contributed by atoms with van der Waals surface area (Å²) in [5, 5.41) is 14.5. The molecule has 7 heteroatoms. The Balaban J connectivity index is 2.52. The molecule has 0 aliphatic rings. The molecular formula is C12H17N3O4. The van der Waals surface area contributed by atoms with E-state index >= 15 is 0 Å². The summed E-state index contributed by atoms with van der Waals surface area (Å²) in [7, 11) is 1.53. The number of methoxy groups -OCH3 is 1. The first-order valence-electron chi connectivity index (χ1n) is 5.77. The number of nitrogens with one attached hydrogen (secondary N) is 2. The largest absolute Gasteiger partial charge is 0.505 e. The Labute approximate surface area is 111 Å². The van der Waals surface area contributed by atoms with Crippen LogP contribution in [0.15, 0.2) is 18.3 Å². The average Bonchev–Trinajstić information content (AvgIpc) is 2.39.